The first-order valence-corrected chi connectivity index (χ1v) is 11.6. The number of rotatable bonds is 6. The van der Waals surface area contributed by atoms with Crippen LogP contribution in [0.25, 0.3) is 5.69 Å². The van der Waals surface area contributed by atoms with Crippen molar-refractivity contribution in [3.05, 3.63) is 35.7 Å². The summed E-state index contributed by atoms with van der Waals surface area (Å²) >= 11 is 4.89. The van der Waals surface area contributed by atoms with Gasteiger partial charge in [0, 0.05) is 38.3 Å². The summed E-state index contributed by atoms with van der Waals surface area (Å²) in [6.45, 7) is 6.13. The van der Waals surface area contributed by atoms with Crippen molar-refractivity contribution in [2.45, 2.75) is 32.9 Å². The molecule has 196 valence electrons. The molecule has 1 aromatic heterocycles. The summed E-state index contributed by atoms with van der Waals surface area (Å²) in [5.74, 6) is -1.82. The molecule has 14 heteroatoms. The molecule has 0 spiro atoms. The van der Waals surface area contributed by atoms with Gasteiger partial charge in [-0.15, -0.1) is 5.10 Å². The van der Waals surface area contributed by atoms with Gasteiger partial charge in [0.05, 0.1) is 25.5 Å². The number of thiocarbonyl (C=S) groups is 1. The van der Waals surface area contributed by atoms with E-state index in [0.717, 1.165) is 0 Å². The topological polar surface area (TPSA) is 114 Å². The predicted octanol–water partition coefficient (Wildman–Crippen LogP) is 1.74. The van der Waals surface area contributed by atoms with Crippen LogP contribution in [0.1, 0.15) is 26.5 Å². The lowest BCUT2D eigenvalue weighted by atomic mass is 10.2. The molecule has 0 unspecified atom stereocenters. The second-order valence-electron chi connectivity index (χ2n) is 8.98. The van der Waals surface area contributed by atoms with E-state index in [9.17, 15) is 18.4 Å². The zero-order valence-corrected chi connectivity index (χ0v) is 21.3. The first-order chi connectivity index (χ1) is 17.0. The van der Waals surface area contributed by atoms with E-state index < -0.39 is 23.3 Å². The summed E-state index contributed by atoms with van der Waals surface area (Å²) in [6, 6.07) is 2.35. The van der Waals surface area contributed by atoms with Gasteiger partial charge in [-0.05, 0) is 33.0 Å². The van der Waals surface area contributed by atoms with E-state index in [2.05, 4.69) is 20.9 Å². The molecular weight excluding hydrogens is 496 g/mol. The lowest BCUT2D eigenvalue weighted by Crippen LogP contribution is -2.51. The average Bonchev–Trinajstić information content (AvgIpc) is 3.29. The molecule has 0 aliphatic carbocycles. The maximum absolute atomic E-state index is 15.0. The molecule has 1 aromatic carbocycles. The Hall–Kier alpha value is -3.55. The monoisotopic (exact) mass is 525 g/mol. The Bertz CT molecular complexity index is 1090. The Morgan fingerprint density at radius 1 is 1.11 bits per heavy atom. The highest BCUT2D eigenvalue weighted by molar-refractivity contribution is 7.80. The highest BCUT2D eigenvalue weighted by atomic mass is 32.1. The zero-order chi connectivity index (χ0) is 26.5. The van der Waals surface area contributed by atoms with Crippen LogP contribution in [0.3, 0.4) is 0 Å². The Balaban J connectivity index is 1.58. The third kappa shape index (κ3) is 7.23. The Kier molecular flexibility index (Phi) is 8.61. The Labute approximate surface area is 212 Å². The molecule has 2 N–H and O–H groups in total. The standard InChI is InChI=1S/C22H29F2N7O4S/c1-22(2,3)35-20(33)25-12-18(32)29-5-7-30(8-6-29)19-16(23)9-15(10-17(19)24)31-13-14(27-28-31)11-26-21(36)34-4/h9-10,13H,5-8,11-12H2,1-4H3,(H,25,33)(H,26,36). The highest BCUT2D eigenvalue weighted by Crippen LogP contribution is 2.27. The number of ether oxygens (including phenoxy) is 2. The Morgan fingerprint density at radius 3 is 2.33 bits per heavy atom. The summed E-state index contributed by atoms with van der Waals surface area (Å²) < 4.78 is 41.1. The van der Waals surface area contributed by atoms with Crippen molar-refractivity contribution in [2.24, 2.45) is 0 Å². The molecule has 2 heterocycles. The second-order valence-corrected chi connectivity index (χ2v) is 9.35. The van der Waals surface area contributed by atoms with Crippen LogP contribution in [0.15, 0.2) is 18.3 Å². The highest BCUT2D eigenvalue weighted by Gasteiger charge is 2.26. The largest absolute Gasteiger partial charge is 0.474 e. The molecule has 0 saturated carbocycles. The molecule has 3 rings (SSSR count). The van der Waals surface area contributed by atoms with Crippen molar-refractivity contribution in [1.82, 2.24) is 30.5 Å². The second kappa shape index (κ2) is 11.5. The molecule has 1 aliphatic heterocycles. The summed E-state index contributed by atoms with van der Waals surface area (Å²) in [7, 11) is 1.43. The molecular formula is C22H29F2N7O4S. The molecule has 1 saturated heterocycles. The van der Waals surface area contributed by atoms with Gasteiger partial charge >= 0.3 is 6.09 Å². The molecule has 2 amide bonds. The minimum Gasteiger partial charge on any atom is -0.474 e. The van der Waals surface area contributed by atoms with E-state index in [4.69, 9.17) is 21.7 Å². The van der Waals surface area contributed by atoms with E-state index in [1.54, 1.807) is 25.7 Å². The van der Waals surface area contributed by atoms with Crippen molar-refractivity contribution in [3.8, 4) is 5.69 Å². The molecule has 0 bridgehead atoms. The molecule has 1 fully saturated rings. The number of hydrogen-bond acceptors (Lipinski definition) is 8. The number of anilines is 1. The fraction of sp³-hybridized carbons (Fsp3) is 0.500. The average molecular weight is 526 g/mol. The lowest BCUT2D eigenvalue weighted by Gasteiger charge is -2.36. The van der Waals surface area contributed by atoms with Crippen molar-refractivity contribution >= 4 is 35.1 Å². The third-order valence-corrected chi connectivity index (χ3v) is 5.45. The van der Waals surface area contributed by atoms with Gasteiger partial charge in [-0.25, -0.2) is 18.3 Å². The molecule has 11 nitrogen and oxygen atoms in total. The lowest BCUT2D eigenvalue weighted by molar-refractivity contribution is -0.130. The first kappa shape index (κ1) is 27.0. The normalized spacial score (nSPS) is 13.8. The number of benzene rings is 1. The van der Waals surface area contributed by atoms with Crippen LogP contribution in [-0.4, -0.2) is 82.5 Å². The van der Waals surface area contributed by atoms with E-state index in [0.29, 0.717) is 5.69 Å². The van der Waals surface area contributed by atoms with Gasteiger partial charge in [0.1, 0.15) is 23.5 Å². The number of carbonyl (C=O) groups is 2. The number of halogens is 2. The van der Waals surface area contributed by atoms with Crippen LogP contribution >= 0.6 is 12.2 Å². The molecule has 0 radical (unpaired) electrons. The summed E-state index contributed by atoms with van der Waals surface area (Å²) in [5.41, 5.74) is -0.177. The fourth-order valence-corrected chi connectivity index (χ4v) is 3.55. The maximum Gasteiger partial charge on any atom is 0.408 e. The number of nitrogens with zero attached hydrogens (tertiary/aromatic N) is 5. The van der Waals surface area contributed by atoms with Gasteiger partial charge in [0.2, 0.25) is 5.91 Å². The summed E-state index contributed by atoms with van der Waals surface area (Å²) in [4.78, 5) is 27.2. The minimum atomic E-state index is -0.757. The van der Waals surface area contributed by atoms with E-state index in [1.807, 2.05) is 0 Å². The van der Waals surface area contributed by atoms with Gasteiger partial charge in [0.15, 0.2) is 11.6 Å². The number of piperazine rings is 1. The van der Waals surface area contributed by atoms with E-state index in [1.165, 1.54) is 35.0 Å². The number of amides is 2. The van der Waals surface area contributed by atoms with Crippen LogP contribution in [0.2, 0.25) is 0 Å². The summed E-state index contributed by atoms with van der Waals surface area (Å²) in [5, 5.41) is 13.3. The number of methoxy groups -OCH3 is 1. The first-order valence-electron chi connectivity index (χ1n) is 11.2. The third-order valence-electron chi connectivity index (χ3n) is 5.14. The molecule has 2 aromatic rings. The zero-order valence-electron chi connectivity index (χ0n) is 20.5. The molecule has 0 atom stereocenters. The van der Waals surface area contributed by atoms with Crippen molar-refractivity contribution < 1.29 is 27.8 Å². The van der Waals surface area contributed by atoms with E-state index in [-0.39, 0.29) is 61.7 Å². The number of carbonyl (C=O) groups excluding carboxylic acids is 2. The molecule has 1 aliphatic rings. The van der Waals surface area contributed by atoms with E-state index >= 15 is 0 Å². The Morgan fingerprint density at radius 2 is 1.75 bits per heavy atom. The van der Waals surface area contributed by atoms with Gasteiger partial charge in [0.25, 0.3) is 5.17 Å². The van der Waals surface area contributed by atoms with Crippen LogP contribution in [-0.2, 0) is 20.8 Å². The SMILES string of the molecule is COC(=S)NCc1cn(-c2cc(F)c(N3CCN(C(=O)CNC(=O)OC(C)(C)C)CC3)c(F)c2)nn1. The van der Waals surface area contributed by atoms with Gasteiger partial charge < -0.3 is 29.9 Å². The van der Waals surface area contributed by atoms with Gasteiger partial charge in [-0.3, -0.25) is 4.79 Å². The smallest absolute Gasteiger partial charge is 0.408 e. The van der Waals surface area contributed by atoms with Crippen LogP contribution in [0, 0.1) is 11.6 Å². The molecule has 36 heavy (non-hydrogen) atoms. The van der Waals surface area contributed by atoms with Gasteiger partial charge in [-0.1, -0.05) is 5.21 Å². The number of alkyl carbamates (subject to hydrolysis) is 1. The number of nitrogens with one attached hydrogen (secondary N) is 2. The fourth-order valence-electron chi connectivity index (χ4n) is 3.48. The van der Waals surface area contributed by atoms with Crippen LogP contribution in [0.5, 0.6) is 0 Å². The van der Waals surface area contributed by atoms with Crippen LogP contribution < -0.4 is 15.5 Å². The predicted molar refractivity (Wildman–Crippen MR) is 131 cm³/mol. The maximum atomic E-state index is 15.0. The number of aromatic nitrogens is 3. The van der Waals surface area contributed by atoms with Crippen molar-refractivity contribution in [2.75, 3.05) is 44.7 Å². The quantitative estimate of drug-likeness (QED) is 0.545. The van der Waals surface area contributed by atoms with Gasteiger partial charge in [-0.2, -0.15) is 0 Å². The summed E-state index contributed by atoms with van der Waals surface area (Å²) in [6.07, 6.45) is 0.836. The van der Waals surface area contributed by atoms with Crippen molar-refractivity contribution in [1.29, 1.82) is 0 Å². The van der Waals surface area contributed by atoms with Crippen LogP contribution in [0.4, 0.5) is 19.3 Å². The van der Waals surface area contributed by atoms with Crippen molar-refractivity contribution in [3.63, 3.8) is 0 Å². The minimum absolute atomic E-state index is 0.170. The number of hydrogen-bond donors (Lipinski definition) is 2.